The van der Waals surface area contributed by atoms with Gasteiger partial charge in [0.1, 0.15) is 5.82 Å². The van der Waals surface area contributed by atoms with Crippen LogP contribution in [0.3, 0.4) is 0 Å². The van der Waals surface area contributed by atoms with Crippen molar-refractivity contribution in [2.24, 2.45) is 0 Å². The Labute approximate surface area is 159 Å². The lowest BCUT2D eigenvalue weighted by Gasteiger charge is -2.21. The molecule has 0 bridgehead atoms. The van der Waals surface area contributed by atoms with Gasteiger partial charge in [-0.1, -0.05) is 72.8 Å². The Bertz CT molecular complexity index is 863. The number of hydrogen-bond donors (Lipinski definition) is 1. The maximum atomic E-state index is 13.2. The zero-order valence-electron chi connectivity index (χ0n) is 15.1. The van der Waals surface area contributed by atoms with Crippen LogP contribution in [-0.2, 0) is 10.2 Å². The van der Waals surface area contributed by atoms with Crippen molar-refractivity contribution in [3.63, 3.8) is 0 Å². The highest BCUT2D eigenvalue weighted by Gasteiger charge is 2.51. The van der Waals surface area contributed by atoms with Gasteiger partial charge in [-0.3, -0.25) is 4.79 Å². The van der Waals surface area contributed by atoms with Gasteiger partial charge < -0.3 is 5.32 Å². The summed E-state index contributed by atoms with van der Waals surface area (Å²) in [5.74, 6) is -0.144. The number of carbonyl (C=O) groups is 1. The van der Waals surface area contributed by atoms with Gasteiger partial charge in [0.15, 0.2) is 0 Å². The van der Waals surface area contributed by atoms with Crippen LogP contribution in [0.1, 0.15) is 35.4 Å². The molecule has 136 valence electrons. The second kappa shape index (κ2) is 7.36. The molecular weight excluding hydrogens is 337 g/mol. The molecule has 1 saturated carbocycles. The van der Waals surface area contributed by atoms with Crippen LogP contribution in [-0.4, -0.2) is 12.5 Å². The summed E-state index contributed by atoms with van der Waals surface area (Å²) in [6, 6.07) is 26.8. The average Bonchev–Trinajstić information content (AvgIpc) is 3.52. The molecule has 0 radical (unpaired) electrons. The van der Waals surface area contributed by atoms with Gasteiger partial charge in [-0.25, -0.2) is 4.39 Å². The first kappa shape index (κ1) is 17.5. The van der Waals surface area contributed by atoms with Crippen LogP contribution in [0.5, 0.6) is 0 Å². The van der Waals surface area contributed by atoms with Gasteiger partial charge in [-0.05, 0) is 41.7 Å². The van der Waals surface area contributed by atoms with Crippen molar-refractivity contribution in [1.29, 1.82) is 0 Å². The summed E-state index contributed by atoms with van der Waals surface area (Å²) in [6.45, 7) is 0.538. The van der Waals surface area contributed by atoms with Gasteiger partial charge in [0, 0.05) is 12.5 Å². The van der Waals surface area contributed by atoms with E-state index in [1.54, 1.807) is 12.1 Å². The van der Waals surface area contributed by atoms with E-state index in [0.29, 0.717) is 6.54 Å². The van der Waals surface area contributed by atoms with Gasteiger partial charge >= 0.3 is 0 Å². The molecule has 0 atom stereocenters. The van der Waals surface area contributed by atoms with E-state index in [4.69, 9.17) is 0 Å². The van der Waals surface area contributed by atoms with Crippen molar-refractivity contribution < 1.29 is 9.18 Å². The van der Waals surface area contributed by atoms with Crippen LogP contribution in [0, 0.1) is 5.82 Å². The first-order valence-electron chi connectivity index (χ1n) is 9.33. The number of nitrogens with one attached hydrogen (secondary N) is 1. The molecule has 2 nitrogen and oxygen atoms in total. The molecule has 0 unspecified atom stereocenters. The first-order chi connectivity index (χ1) is 13.2. The smallest absolute Gasteiger partial charge is 0.230 e. The van der Waals surface area contributed by atoms with E-state index < -0.39 is 5.41 Å². The van der Waals surface area contributed by atoms with Crippen LogP contribution in [0.15, 0.2) is 84.9 Å². The largest absolute Gasteiger partial charge is 0.354 e. The summed E-state index contributed by atoms with van der Waals surface area (Å²) in [7, 11) is 0. The van der Waals surface area contributed by atoms with Crippen molar-refractivity contribution in [2.75, 3.05) is 6.54 Å². The minimum Gasteiger partial charge on any atom is -0.354 e. The molecule has 1 fully saturated rings. The minimum absolute atomic E-state index is 0.0333. The quantitative estimate of drug-likeness (QED) is 0.673. The van der Waals surface area contributed by atoms with Crippen molar-refractivity contribution in [3.8, 4) is 0 Å². The van der Waals surface area contributed by atoms with Gasteiger partial charge in [0.05, 0.1) is 5.41 Å². The molecule has 0 aliphatic heterocycles. The third kappa shape index (κ3) is 3.63. The molecule has 0 aromatic heterocycles. The molecule has 1 aliphatic rings. The maximum Gasteiger partial charge on any atom is 0.230 e. The van der Waals surface area contributed by atoms with Gasteiger partial charge in [-0.2, -0.15) is 0 Å². The zero-order chi connectivity index (χ0) is 18.7. The normalized spacial score (nSPS) is 14.7. The summed E-state index contributed by atoms with van der Waals surface area (Å²) in [4.78, 5) is 13.0. The highest BCUT2D eigenvalue weighted by atomic mass is 19.1. The van der Waals surface area contributed by atoms with Gasteiger partial charge in [0.25, 0.3) is 0 Å². The molecule has 1 N–H and O–H groups in total. The summed E-state index contributed by atoms with van der Waals surface area (Å²) in [5, 5.41) is 3.16. The van der Waals surface area contributed by atoms with Crippen LogP contribution in [0.25, 0.3) is 0 Å². The average molecular weight is 359 g/mol. The minimum atomic E-state index is -0.494. The molecule has 0 saturated heterocycles. The highest BCUT2D eigenvalue weighted by Crippen LogP contribution is 2.48. The van der Waals surface area contributed by atoms with Gasteiger partial charge in [-0.15, -0.1) is 0 Å². The Morgan fingerprint density at radius 3 is 1.85 bits per heavy atom. The molecule has 4 rings (SSSR count). The predicted molar refractivity (Wildman–Crippen MR) is 105 cm³/mol. The molecule has 3 aromatic rings. The standard InChI is InChI=1S/C24H22FNO/c25-21-13-11-20(12-14-21)24(15-16-24)23(27)26-17-22(18-7-3-1-4-8-18)19-9-5-2-6-10-19/h1-14,22H,15-17H2,(H,26,27). The van der Waals surface area contributed by atoms with Crippen molar-refractivity contribution in [1.82, 2.24) is 5.32 Å². The van der Waals surface area contributed by atoms with Crippen LogP contribution >= 0.6 is 0 Å². The van der Waals surface area contributed by atoms with E-state index in [0.717, 1.165) is 18.4 Å². The van der Waals surface area contributed by atoms with Crippen molar-refractivity contribution in [3.05, 3.63) is 107 Å². The Kier molecular flexibility index (Phi) is 4.76. The number of hydrogen-bond acceptors (Lipinski definition) is 1. The third-order valence-corrected chi connectivity index (χ3v) is 5.45. The van der Waals surface area contributed by atoms with Crippen LogP contribution in [0.2, 0.25) is 0 Å². The Morgan fingerprint density at radius 1 is 0.852 bits per heavy atom. The fourth-order valence-electron chi connectivity index (χ4n) is 3.70. The van der Waals surface area contributed by atoms with Crippen LogP contribution in [0.4, 0.5) is 4.39 Å². The number of amides is 1. The monoisotopic (exact) mass is 359 g/mol. The third-order valence-electron chi connectivity index (χ3n) is 5.45. The molecule has 1 amide bonds. The Balaban J connectivity index is 1.53. The second-order valence-corrected chi connectivity index (χ2v) is 7.17. The maximum absolute atomic E-state index is 13.2. The zero-order valence-corrected chi connectivity index (χ0v) is 15.1. The topological polar surface area (TPSA) is 29.1 Å². The Morgan fingerprint density at radius 2 is 1.37 bits per heavy atom. The predicted octanol–water partition coefficient (Wildman–Crippen LogP) is 4.81. The van der Waals surface area contributed by atoms with E-state index in [9.17, 15) is 9.18 Å². The van der Waals surface area contributed by atoms with Gasteiger partial charge in [0.2, 0.25) is 5.91 Å². The fourth-order valence-corrected chi connectivity index (χ4v) is 3.70. The number of carbonyl (C=O) groups excluding carboxylic acids is 1. The number of halogens is 1. The van der Waals surface area contributed by atoms with E-state index in [-0.39, 0.29) is 17.6 Å². The number of benzene rings is 3. The fraction of sp³-hybridized carbons (Fsp3) is 0.208. The summed E-state index contributed by atoms with van der Waals surface area (Å²) in [6.07, 6.45) is 1.62. The molecule has 3 heteroatoms. The molecule has 3 aromatic carbocycles. The second-order valence-electron chi connectivity index (χ2n) is 7.17. The summed E-state index contributed by atoms with van der Waals surface area (Å²) >= 11 is 0. The molecule has 0 spiro atoms. The van der Waals surface area contributed by atoms with E-state index in [1.165, 1.54) is 23.3 Å². The molecule has 0 heterocycles. The van der Waals surface area contributed by atoms with Crippen molar-refractivity contribution in [2.45, 2.75) is 24.2 Å². The summed E-state index contributed by atoms with van der Waals surface area (Å²) < 4.78 is 13.2. The Hall–Kier alpha value is -2.94. The van der Waals surface area contributed by atoms with E-state index in [2.05, 4.69) is 29.6 Å². The first-order valence-corrected chi connectivity index (χ1v) is 9.33. The SMILES string of the molecule is O=C(NCC(c1ccccc1)c1ccccc1)C1(c2ccc(F)cc2)CC1. The molecule has 1 aliphatic carbocycles. The van der Waals surface area contributed by atoms with E-state index in [1.807, 2.05) is 36.4 Å². The highest BCUT2D eigenvalue weighted by molar-refractivity contribution is 5.91. The molecular formula is C24H22FNO. The lowest BCUT2D eigenvalue weighted by molar-refractivity contribution is -0.123. The molecule has 27 heavy (non-hydrogen) atoms. The van der Waals surface area contributed by atoms with Crippen molar-refractivity contribution >= 4 is 5.91 Å². The number of rotatable bonds is 6. The van der Waals surface area contributed by atoms with E-state index >= 15 is 0 Å². The lowest BCUT2D eigenvalue weighted by atomic mass is 9.90. The van der Waals surface area contributed by atoms with Crippen LogP contribution < -0.4 is 5.32 Å². The lowest BCUT2D eigenvalue weighted by Crippen LogP contribution is -2.37. The summed E-state index contributed by atoms with van der Waals surface area (Å²) in [5.41, 5.74) is 2.76.